The first-order chi connectivity index (χ1) is 11.5. The van der Waals surface area contributed by atoms with Gasteiger partial charge in [0.2, 0.25) is 11.8 Å². The van der Waals surface area contributed by atoms with Gasteiger partial charge in [-0.15, -0.1) is 0 Å². The van der Waals surface area contributed by atoms with Crippen molar-refractivity contribution in [2.24, 2.45) is 0 Å². The van der Waals surface area contributed by atoms with Crippen LogP contribution < -0.4 is 10.1 Å². The third-order valence-corrected chi connectivity index (χ3v) is 4.14. The van der Waals surface area contributed by atoms with E-state index < -0.39 is 5.97 Å². The van der Waals surface area contributed by atoms with E-state index in [-0.39, 0.29) is 6.04 Å². The molecule has 126 valence electrons. The number of aryl methyl sites for hydroxylation is 2. The summed E-state index contributed by atoms with van der Waals surface area (Å²) >= 11 is 0. The molecule has 0 saturated carbocycles. The Hall–Kier alpha value is -2.63. The van der Waals surface area contributed by atoms with Gasteiger partial charge in [-0.3, -0.25) is 0 Å². The summed E-state index contributed by atoms with van der Waals surface area (Å²) in [5, 5.41) is 12.5. The van der Waals surface area contributed by atoms with E-state index in [4.69, 9.17) is 9.84 Å². The number of ether oxygens (including phenoxy) is 1. The number of aromatic carboxylic acids is 1. The number of carboxylic acids is 1. The molecule has 0 aliphatic heterocycles. The van der Waals surface area contributed by atoms with Crippen LogP contribution >= 0.6 is 0 Å². The molecule has 0 amide bonds. The molecule has 1 aromatic carbocycles. The lowest BCUT2D eigenvalue weighted by Gasteiger charge is -2.26. The van der Waals surface area contributed by atoms with Crippen LogP contribution in [0.5, 0.6) is 5.88 Å². The zero-order chi connectivity index (χ0) is 17.1. The van der Waals surface area contributed by atoms with Gasteiger partial charge in [-0.25, -0.2) is 9.78 Å². The summed E-state index contributed by atoms with van der Waals surface area (Å²) in [6.07, 6.45) is 2.63. The fourth-order valence-corrected chi connectivity index (χ4v) is 3.02. The monoisotopic (exact) mass is 327 g/mol. The molecule has 0 spiro atoms. The molecule has 2 aromatic rings. The smallest absolute Gasteiger partial charge is 0.335 e. The lowest BCUT2D eigenvalue weighted by atomic mass is 9.87. The van der Waals surface area contributed by atoms with Crippen molar-refractivity contribution in [1.29, 1.82) is 0 Å². The molecule has 1 heterocycles. The van der Waals surface area contributed by atoms with Gasteiger partial charge in [-0.05, 0) is 56.4 Å². The van der Waals surface area contributed by atoms with Gasteiger partial charge in [0.1, 0.15) is 0 Å². The first kappa shape index (κ1) is 16.2. The molecular formula is C18H21N3O3. The molecule has 24 heavy (non-hydrogen) atoms. The number of benzene rings is 1. The van der Waals surface area contributed by atoms with Gasteiger partial charge >= 0.3 is 5.97 Å². The van der Waals surface area contributed by atoms with E-state index in [1.807, 2.05) is 26.0 Å². The summed E-state index contributed by atoms with van der Waals surface area (Å²) < 4.78 is 5.46. The summed E-state index contributed by atoms with van der Waals surface area (Å²) in [6, 6.07) is 7.36. The molecule has 1 aliphatic rings. The highest BCUT2D eigenvalue weighted by atomic mass is 16.5. The maximum Gasteiger partial charge on any atom is 0.335 e. The molecule has 6 nitrogen and oxygen atoms in total. The lowest BCUT2D eigenvalue weighted by Crippen LogP contribution is -2.28. The van der Waals surface area contributed by atoms with Crippen LogP contribution in [0, 0.1) is 6.92 Å². The first-order valence-electron chi connectivity index (χ1n) is 8.15. The van der Waals surface area contributed by atoms with Crippen molar-refractivity contribution in [3.05, 3.63) is 46.6 Å². The molecule has 0 bridgehead atoms. The Morgan fingerprint density at radius 1 is 1.33 bits per heavy atom. The second kappa shape index (κ2) is 6.86. The van der Waals surface area contributed by atoms with E-state index in [1.165, 1.54) is 5.56 Å². The quantitative estimate of drug-likeness (QED) is 0.878. The van der Waals surface area contributed by atoms with E-state index in [0.29, 0.717) is 24.0 Å². The molecule has 2 N–H and O–H groups in total. The molecule has 3 rings (SSSR count). The highest BCUT2D eigenvalue weighted by molar-refractivity contribution is 5.87. The van der Waals surface area contributed by atoms with Crippen molar-refractivity contribution in [2.75, 3.05) is 11.9 Å². The highest BCUT2D eigenvalue weighted by Gasteiger charge is 2.21. The zero-order valence-corrected chi connectivity index (χ0v) is 13.9. The van der Waals surface area contributed by atoms with Crippen LogP contribution in [0.2, 0.25) is 0 Å². The Morgan fingerprint density at radius 2 is 2.17 bits per heavy atom. The fraction of sp³-hybridized carbons (Fsp3) is 0.389. The van der Waals surface area contributed by atoms with Crippen LogP contribution in [-0.2, 0) is 12.8 Å². The van der Waals surface area contributed by atoms with Gasteiger partial charge in [0.25, 0.3) is 0 Å². The Morgan fingerprint density at radius 3 is 2.92 bits per heavy atom. The molecule has 1 aromatic heterocycles. The number of hydrogen-bond donors (Lipinski definition) is 2. The van der Waals surface area contributed by atoms with Crippen LogP contribution in [0.3, 0.4) is 0 Å². The largest absolute Gasteiger partial charge is 0.478 e. The van der Waals surface area contributed by atoms with E-state index in [0.717, 1.165) is 30.5 Å². The standard InChI is InChI=1S/C18H21N3O3/c1-3-24-16-8-11(2)19-18(21-16)20-15-7-6-12-4-5-13(17(22)23)9-14(12)10-15/h4-5,8-9,15H,3,6-7,10H2,1-2H3,(H,22,23)(H,19,20,21). The molecule has 1 unspecified atom stereocenters. The SMILES string of the molecule is CCOc1cc(C)nc(NC2CCc3ccc(C(=O)O)cc3C2)n1. The predicted molar refractivity (Wildman–Crippen MR) is 90.8 cm³/mol. The van der Waals surface area contributed by atoms with Crippen molar-refractivity contribution < 1.29 is 14.6 Å². The average molecular weight is 327 g/mol. The number of nitrogens with zero attached hydrogens (tertiary/aromatic N) is 2. The molecule has 0 radical (unpaired) electrons. The Balaban J connectivity index is 1.76. The second-order valence-electron chi connectivity index (χ2n) is 5.98. The summed E-state index contributed by atoms with van der Waals surface area (Å²) in [6.45, 7) is 4.39. The number of fused-ring (bicyclic) bond motifs is 1. The molecular weight excluding hydrogens is 306 g/mol. The Labute approximate surface area is 140 Å². The van der Waals surface area contributed by atoms with E-state index in [1.54, 1.807) is 12.1 Å². The third kappa shape index (κ3) is 3.64. The molecule has 1 aliphatic carbocycles. The van der Waals surface area contributed by atoms with E-state index >= 15 is 0 Å². The van der Waals surface area contributed by atoms with E-state index in [9.17, 15) is 4.79 Å². The van der Waals surface area contributed by atoms with Gasteiger partial charge < -0.3 is 15.2 Å². The van der Waals surface area contributed by atoms with Gasteiger partial charge in [-0.2, -0.15) is 4.98 Å². The van der Waals surface area contributed by atoms with Crippen molar-refractivity contribution in [1.82, 2.24) is 9.97 Å². The van der Waals surface area contributed by atoms with Gasteiger partial charge in [0, 0.05) is 17.8 Å². The van der Waals surface area contributed by atoms with Crippen molar-refractivity contribution in [3.8, 4) is 5.88 Å². The van der Waals surface area contributed by atoms with Crippen molar-refractivity contribution >= 4 is 11.9 Å². The van der Waals surface area contributed by atoms with Crippen molar-refractivity contribution in [2.45, 2.75) is 39.2 Å². The number of nitrogens with one attached hydrogen (secondary N) is 1. The normalized spacial score (nSPS) is 16.3. The minimum absolute atomic E-state index is 0.179. The molecule has 0 fully saturated rings. The van der Waals surface area contributed by atoms with E-state index in [2.05, 4.69) is 15.3 Å². The van der Waals surface area contributed by atoms with Crippen molar-refractivity contribution in [3.63, 3.8) is 0 Å². The molecule has 0 saturated heterocycles. The Bertz CT molecular complexity index is 761. The zero-order valence-electron chi connectivity index (χ0n) is 13.9. The summed E-state index contributed by atoms with van der Waals surface area (Å²) in [5.41, 5.74) is 3.48. The van der Waals surface area contributed by atoms with Crippen LogP contribution in [-0.4, -0.2) is 33.7 Å². The average Bonchev–Trinajstić information content (AvgIpc) is 2.54. The lowest BCUT2D eigenvalue weighted by molar-refractivity contribution is 0.0696. The van der Waals surface area contributed by atoms with Crippen LogP contribution in [0.15, 0.2) is 24.3 Å². The number of carbonyl (C=O) groups is 1. The summed E-state index contributed by atoms with van der Waals surface area (Å²) in [7, 11) is 0. The minimum atomic E-state index is -0.892. The Kier molecular flexibility index (Phi) is 4.64. The number of anilines is 1. The van der Waals surface area contributed by atoms with Gasteiger partial charge in [-0.1, -0.05) is 6.07 Å². The topological polar surface area (TPSA) is 84.3 Å². The summed E-state index contributed by atoms with van der Waals surface area (Å²) in [5.74, 6) is 0.231. The highest BCUT2D eigenvalue weighted by Crippen LogP contribution is 2.25. The third-order valence-electron chi connectivity index (χ3n) is 4.14. The maximum absolute atomic E-state index is 11.1. The predicted octanol–water partition coefficient (Wildman–Crippen LogP) is 2.85. The maximum atomic E-state index is 11.1. The second-order valence-corrected chi connectivity index (χ2v) is 5.98. The number of hydrogen-bond acceptors (Lipinski definition) is 5. The minimum Gasteiger partial charge on any atom is -0.478 e. The number of carboxylic acid groups (broad SMARTS) is 1. The fourth-order valence-electron chi connectivity index (χ4n) is 3.02. The number of rotatable bonds is 5. The number of aromatic nitrogens is 2. The molecule has 6 heteroatoms. The molecule has 1 atom stereocenters. The van der Waals surface area contributed by atoms with Crippen LogP contribution in [0.25, 0.3) is 0 Å². The van der Waals surface area contributed by atoms with Gasteiger partial charge in [0.15, 0.2) is 0 Å². The van der Waals surface area contributed by atoms with Crippen LogP contribution in [0.4, 0.5) is 5.95 Å². The first-order valence-corrected chi connectivity index (χ1v) is 8.15. The van der Waals surface area contributed by atoms with Crippen LogP contribution in [0.1, 0.15) is 40.5 Å². The summed E-state index contributed by atoms with van der Waals surface area (Å²) in [4.78, 5) is 19.9. The van der Waals surface area contributed by atoms with Gasteiger partial charge in [0.05, 0.1) is 12.2 Å².